The van der Waals surface area contributed by atoms with Crippen LogP contribution in [0.1, 0.15) is 28.2 Å². The van der Waals surface area contributed by atoms with E-state index in [0.29, 0.717) is 30.4 Å². The predicted octanol–water partition coefficient (Wildman–Crippen LogP) is 3.78. The van der Waals surface area contributed by atoms with E-state index in [2.05, 4.69) is 9.98 Å². The summed E-state index contributed by atoms with van der Waals surface area (Å²) in [6.45, 7) is 3.38. The van der Waals surface area contributed by atoms with Crippen LogP contribution in [-0.2, 0) is 17.9 Å². The molecule has 2 aliphatic heterocycles. The second kappa shape index (κ2) is 6.24. The number of hydrogen-bond donors (Lipinski definition) is 0. The van der Waals surface area contributed by atoms with Crippen molar-refractivity contribution in [2.24, 2.45) is 4.99 Å². The van der Waals surface area contributed by atoms with Crippen LogP contribution in [0.15, 0.2) is 29.4 Å². The summed E-state index contributed by atoms with van der Waals surface area (Å²) in [4.78, 5) is 8.99. The van der Waals surface area contributed by atoms with Crippen molar-refractivity contribution in [3.63, 3.8) is 0 Å². The van der Waals surface area contributed by atoms with Crippen LogP contribution in [0.25, 0.3) is 5.00 Å². The third-order valence-electron chi connectivity index (χ3n) is 4.69. The van der Waals surface area contributed by atoms with Crippen molar-refractivity contribution in [2.75, 3.05) is 13.2 Å². The molecule has 2 aromatic heterocycles. The summed E-state index contributed by atoms with van der Waals surface area (Å²) in [6, 6.07) is 3.84. The van der Waals surface area contributed by atoms with Gasteiger partial charge in [-0.2, -0.15) is 0 Å². The molecule has 4 heterocycles. The normalized spacial score (nSPS) is 15.7. The average molecular weight is 387 g/mol. The molecular formula is C19H15F2N3O2S. The topological polar surface area (TPSA) is 48.6 Å². The first-order valence-corrected chi connectivity index (χ1v) is 9.36. The van der Waals surface area contributed by atoms with Crippen LogP contribution in [0.4, 0.5) is 8.78 Å². The van der Waals surface area contributed by atoms with Crippen LogP contribution >= 0.6 is 11.3 Å². The van der Waals surface area contributed by atoms with Gasteiger partial charge in [0.05, 0.1) is 31.0 Å². The van der Waals surface area contributed by atoms with Gasteiger partial charge in [0.25, 0.3) is 0 Å². The summed E-state index contributed by atoms with van der Waals surface area (Å²) < 4.78 is 42.7. The maximum absolute atomic E-state index is 14.6. The van der Waals surface area contributed by atoms with E-state index in [4.69, 9.17) is 9.47 Å². The first kappa shape index (κ1) is 16.6. The highest BCUT2D eigenvalue weighted by Gasteiger charge is 2.32. The van der Waals surface area contributed by atoms with E-state index in [1.165, 1.54) is 29.5 Å². The number of thiophene rings is 1. The lowest BCUT2D eigenvalue weighted by Crippen LogP contribution is -2.12. The molecule has 0 N–H and O–H groups in total. The Labute approximate surface area is 157 Å². The Morgan fingerprint density at radius 2 is 1.96 bits per heavy atom. The van der Waals surface area contributed by atoms with Crippen LogP contribution in [0.2, 0.25) is 0 Å². The highest BCUT2D eigenvalue weighted by molar-refractivity contribution is 7.17. The van der Waals surface area contributed by atoms with E-state index in [1.807, 2.05) is 11.5 Å². The Morgan fingerprint density at radius 3 is 2.78 bits per heavy atom. The van der Waals surface area contributed by atoms with Crippen molar-refractivity contribution >= 4 is 17.0 Å². The molecule has 0 atom stereocenters. The molecule has 0 bridgehead atoms. The first-order chi connectivity index (χ1) is 13.1. The molecule has 0 spiro atoms. The fourth-order valence-electron chi connectivity index (χ4n) is 3.48. The molecule has 3 aromatic rings. The molecule has 0 saturated heterocycles. The van der Waals surface area contributed by atoms with Crippen LogP contribution in [0.5, 0.6) is 5.06 Å². The van der Waals surface area contributed by atoms with Gasteiger partial charge < -0.3 is 9.47 Å². The first-order valence-electron chi connectivity index (χ1n) is 8.54. The largest absolute Gasteiger partial charge is 0.481 e. The molecule has 5 nitrogen and oxygen atoms in total. The number of aliphatic imine (C=N–C) groups is 1. The molecule has 138 valence electrons. The number of aryl methyl sites for hydroxylation is 1. The maximum atomic E-state index is 14.6. The van der Waals surface area contributed by atoms with Gasteiger partial charge in [0.1, 0.15) is 29.1 Å². The molecule has 8 heteroatoms. The van der Waals surface area contributed by atoms with Gasteiger partial charge in [-0.25, -0.2) is 13.8 Å². The Morgan fingerprint density at radius 1 is 1.15 bits per heavy atom. The van der Waals surface area contributed by atoms with Crippen LogP contribution in [0, 0.1) is 18.6 Å². The molecule has 0 fully saturated rings. The van der Waals surface area contributed by atoms with Gasteiger partial charge >= 0.3 is 0 Å². The van der Waals surface area contributed by atoms with E-state index < -0.39 is 11.6 Å². The lowest BCUT2D eigenvalue weighted by molar-refractivity contribution is 0.107. The summed E-state index contributed by atoms with van der Waals surface area (Å²) in [5.74, 6) is -0.574. The van der Waals surface area contributed by atoms with Gasteiger partial charge in [-0.1, -0.05) is 17.4 Å². The van der Waals surface area contributed by atoms with Gasteiger partial charge in [-0.3, -0.25) is 9.56 Å². The lowest BCUT2D eigenvalue weighted by atomic mass is 9.99. The van der Waals surface area contributed by atoms with Crippen molar-refractivity contribution in [3.8, 4) is 10.1 Å². The minimum atomic E-state index is -0.647. The quantitative estimate of drug-likeness (QED) is 0.639. The second-order valence-corrected chi connectivity index (χ2v) is 7.32. The number of ether oxygens (including phenoxy) is 2. The van der Waals surface area contributed by atoms with Crippen molar-refractivity contribution in [1.82, 2.24) is 9.55 Å². The molecule has 2 aliphatic rings. The minimum Gasteiger partial charge on any atom is -0.481 e. The summed E-state index contributed by atoms with van der Waals surface area (Å²) >= 11 is 1.43. The van der Waals surface area contributed by atoms with Gasteiger partial charge in [0, 0.05) is 23.0 Å². The van der Waals surface area contributed by atoms with Crippen LogP contribution in [-0.4, -0.2) is 28.5 Å². The summed E-state index contributed by atoms with van der Waals surface area (Å²) in [7, 11) is 0. The highest BCUT2D eigenvalue weighted by atomic mass is 32.1. The zero-order chi connectivity index (χ0) is 18.5. The van der Waals surface area contributed by atoms with Gasteiger partial charge in [-0.15, -0.1) is 0 Å². The SMILES string of the molecule is Cc1cnc2n1-c1sc3c(c1C(c1c(F)cccc1F)=NC2)COCCO3. The lowest BCUT2D eigenvalue weighted by Gasteiger charge is -2.12. The zero-order valence-corrected chi connectivity index (χ0v) is 15.3. The molecule has 0 amide bonds. The van der Waals surface area contributed by atoms with Crippen molar-refractivity contribution in [3.05, 3.63) is 64.2 Å². The zero-order valence-electron chi connectivity index (χ0n) is 14.5. The summed E-state index contributed by atoms with van der Waals surface area (Å²) in [6.07, 6.45) is 1.77. The fraction of sp³-hybridized carbons (Fsp3) is 0.263. The summed E-state index contributed by atoms with van der Waals surface area (Å²) in [5, 5.41) is 1.50. The number of benzene rings is 1. The molecule has 5 rings (SSSR count). The van der Waals surface area contributed by atoms with Crippen LogP contribution < -0.4 is 4.74 Å². The molecule has 0 saturated carbocycles. The highest BCUT2D eigenvalue weighted by Crippen LogP contribution is 2.43. The molecule has 0 aliphatic carbocycles. The monoisotopic (exact) mass is 387 g/mol. The maximum Gasteiger partial charge on any atom is 0.182 e. The number of hydrogen-bond acceptors (Lipinski definition) is 5. The van der Waals surface area contributed by atoms with E-state index in [1.54, 1.807) is 6.20 Å². The smallest absolute Gasteiger partial charge is 0.182 e. The number of nitrogens with zero attached hydrogens (tertiary/aromatic N) is 3. The van der Waals surface area contributed by atoms with E-state index >= 15 is 0 Å². The number of imidazole rings is 1. The molecule has 0 unspecified atom stereocenters. The average Bonchev–Trinajstić information content (AvgIpc) is 3.02. The molecular weight excluding hydrogens is 372 g/mol. The van der Waals surface area contributed by atoms with Crippen molar-refractivity contribution in [2.45, 2.75) is 20.1 Å². The van der Waals surface area contributed by atoms with Gasteiger partial charge in [-0.05, 0) is 19.1 Å². The van der Waals surface area contributed by atoms with Crippen LogP contribution in [0.3, 0.4) is 0 Å². The number of aromatic nitrogens is 2. The Balaban J connectivity index is 1.83. The number of rotatable bonds is 1. The Kier molecular flexibility index (Phi) is 3.84. The third-order valence-corrected chi connectivity index (χ3v) is 5.82. The predicted molar refractivity (Wildman–Crippen MR) is 97.0 cm³/mol. The molecule has 1 aromatic carbocycles. The number of fused-ring (bicyclic) bond motifs is 5. The van der Waals surface area contributed by atoms with Gasteiger partial charge in [0.15, 0.2) is 5.06 Å². The van der Waals surface area contributed by atoms with E-state index in [-0.39, 0.29) is 17.8 Å². The number of halogens is 2. The van der Waals surface area contributed by atoms with E-state index in [0.717, 1.165) is 22.1 Å². The third kappa shape index (κ3) is 2.51. The minimum absolute atomic E-state index is 0.132. The van der Waals surface area contributed by atoms with Gasteiger partial charge in [0.2, 0.25) is 0 Å². The van der Waals surface area contributed by atoms with Crippen molar-refractivity contribution in [1.29, 1.82) is 0 Å². The molecule has 0 radical (unpaired) electrons. The molecule has 27 heavy (non-hydrogen) atoms. The van der Waals surface area contributed by atoms with E-state index in [9.17, 15) is 8.78 Å². The second-order valence-electron chi connectivity index (χ2n) is 6.36. The summed E-state index contributed by atoms with van der Waals surface area (Å²) in [5.41, 5.74) is 2.49. The van der Waals surface area contributed by atoms with Crippen molar-refractivity contribution < 1.29 is 18.3 Å². The standard InChI is InChI=1S/C19H15F2N3O2S/c1-10-7-22-14-8-23-17(16-12(20)3-2-4-13(16)21)15-11-9-25-5-6-26-19(11)27-18(15)24(10)14/h2-4,7H,5-6,8-9H2,1H3. The Bertz CT molecular complexity index is 1070. The Hall–Kier alpha value is -2.58. The fourth-order valence-corrected chi connectivity index (χ4v) is 4.75.